The Balaban J connectivity index is 1.69. The minimum absolute atomic E-state index is 0.0512. The van der Waals surface area contributed by atoms with Gasteiger partial charge in [0, 0.05) is 23.4 Å². The third-order valence-electron chi connectivity index (χ3n) is 8.66. The number of fused-ring (bicyclic) bond motifs is 3. The molecule has 0 atom stereocenters. The van der Waals surface area contributed by atoms with E-state index in [4.69, 9.17) is 28.7 Å². The molecule has 61 heavy (non-hydrogen) atoms. The van der Waals surface area contributed by atoms with Crippen LogP contribution < -0.4 is 14.7 Å². The van der Waals surface area contributed by atoms with Gasteiger partial charge < -0.3 is 28.6 Å². The number of anilines is 3. The summed E-state index contributed by atoms with van der Waals surface area (Å²) < 4.78 is 29.2. The Kier molecular flexibility index (Phi) is 12.3. The fraction of sp³-hybridized carbons (Fsp3) is 0.634. The molecule has 1 spiro atoms. The van der Waals surface area contributed by atoms with Gasteiger partial charge in [-0.15, -0.1) is 21.1 Å². The van der Waals surface area contributed by atoms with Crippen molar-refractivity contribution in [2.75, 3.05) is 34.0 Å². The minimum atomic E-state index is -1.12. The van der Waals surface area contributed by atoms with E-state index >= 15 is 0 Å². The van der Waals surface area contributed by atoms with Crippen LogP contribution in [-0.2, 0) is 35.5 Å². The normalized spacial score (nSPS) is 15.1. The zero-order valence-corrected chi connectivity index (χ0v) is 39.4. The van der Waals surface area contributed by atoms with E-state index in [1.807, 2.05) is 4.90 Å². The van der Waals surface area contributed by atoms with Crippen LogP contribution in [-0.4, -0.2) is 97.6 Å². The number of thiophene rings is 1. The second kappa shape index (κ2) is 15.9. The summed E-state index contributed by atoms with van der Waals surface area (Å²) in [5.74, 6) is -0.102. The summed E-state index contributed by atoms with van der Waals surface area (Å²) in [6.45, 7) is 25.4. The Morgan fingerprint density at radius 2 is 1.18 bits per heavy atom. The number of nitriles is 1. The molecule has 4 heterocycles. The molecule has 1 saturated heterocycles. The Labute approximate surface area is 364 Å². The lowest BCUT2D eigenvalue weighted by Crippen LogP contribution is -2.59. The standard InChI is InChI=1S/C41H56N8O10S2/c1-36(2,3)55-31(50)47(32(51)56-37(4,5)6)28-24-26(43-30(60-16)44-27(24)49(45-28)35(54)59-40(13,14)15)46-20-41(21-46)18-17-23-25(41)22(19-42)29(61-23)48(33(52)57-38(7,8)9)34(53)58-39(10,11)12/h17-18,20-21H2,1-16H3. The quantitative estimate of drug-likeness (QED) is 0.136. The Morgan fingerprint density at radius 1 is 0.721 bits per heavy atom. The second-order valence-electron chi connectivity index (χ2n) is 19.9. The molecule has 2 aliphatic rings. The summed E-state index contributed by atoms with van der Waals surface area (Å²) >= 11 is 2.35. The summed E-state index contributed by atoms with van der Waals surface area (Å²) in [5, 5.41) is 15.6. The molecule has 5 rings (SSSR count). The molecule has 4 amide bonds. The van der Waals surface area contributed by atoms with Crippen LogP contribution in [0.3, 0.4) is 0 Å². The maximum absolute atomic E-state index is 14.0. The molecule has 0 bridgehead atoms. The molecular weight excluding hydrogens is 829 g/mol. The molecule has 1 fully saturated rings. The van der Waals surface area contributed by atoms with Crippen molar-refractivity contribution in [1.82, 2.24) is 19.7 Å². The highest BCUT2D eigenvalue weighted by Gasteiger charge is 2.54. The van der Waals surface area contributed by atoms with Crippen molar-refractivity contribution in [1.29, 1.82) is 5.26 Å². The molecule has 1 aliphatic carbocycles. The predicted molar refractivity (Wildman–Crippen MR) is 230 cm³/mol. The molecule has 1 aliphatic heterocycles. The van der Waals surface area contributed by atoms with Crippen LogP contribution in [0, 0.1) is 11.3 Å². The number of aromatic nitrogens is 4. The van der Waals surface area contributed by atoms with Gasteiger partial charge in [0.2, 0.25) is 0 Å². The molecule has 0 radical (unpaired) electrons. The van der Waals surface area contributed by atoms with Crippen LogP contribution in [0.4, 0.5) is 40.6 Å². The number of hydrogen-bond donors (Lipinski definition) is 0. The average Bonchev–Trinajstić information content (AvgIpc) is 3.70. The van der Waals surface area contributed by atoms with Gasteiger partial charge in [-0.2, -0.15) is 15.1 Å². The third kappa shape index (κ3) is 10.3. The van der Waals surface area contributed by atoms with Crippen molar-refractivity contribution in [2.45, 2.75) is 155 Å². The molecule has 0 unspecified atom stereocenters. The number of thioether (sulfide) groups is 1. The molecule has 3 aromatic rings. The first-order valence-electron chi connectivity index (χ1n) is 19.7. The summed E-state index contributed by atoms with van der Waals surface area (Å²) in [4.78, 5) is 82.8. The van der Waals surface area contributed by atoms with E-state index in [0.29, 0.717) is 23.3 Å². The highest BCUT2D eigenvalue weighted by atomic mass is 32.2. The number of ether oxygens (including phenoxy) is 5. The Morgan fingerprint density at radius 3 is 1.61 bits per heavy atom. The Bertz CT molecular complexity index is 2250. The number of carbonyl (C=O) groups is 5. The van der Waals surface area contributed by atoms with E-state index in [9.17, 15) is 29.2 Å². The highest BCUT2D eigenvalue weighted by Crippen LogP contribution is 2.55. The third-order valence-corrected chi connectivity index (χ3v) is 10.4. The van der Waals surface area contributed by atoms with Gasteiger partial charge in [-0.05, 0) is 129 Å². The number of amides is 4. The summed E-state index contributed by atoms with van der Waals surface area (Å²) in [7, 11) is 0. The van der Waals surface area contributed by atoms with Crippen molar-refractivity contribution in [2.24, 2.45) is 0 Å². The first kappa shape index (κ1) is 46.9. The number of hydrogen-bond acceptors (Lipinski definition) is 17. The zero-order chi connectivity index (χ0) is 46.0. The number of nitrogens with zero attached hydrogens (tertiary/aromatic N) is 8. The maximum Gasteiger partial charge on any atom is 0.437 e. The predicted octanol–water partition coefficient (Wildman–Crippen LogP) is 9.32. The van der Waals surface area contributed by atoms with Crippen LogP contribution in [0.2, 0.25) is 0 Å². The lowest BCUT2D eigenvalue weighted by Gasteiger charge is -2.49. The van der Waals surface area contributed by atoms with E-state index in [0.717, 1.165) is 25.8 Å². The van der Waals surface area contributed by atoms with Gasteiger partial charge in [0.05, 0.1) is 5.56 Å². The van der Waals surface area contributed by atoms with Gasteiger partial charge in [0.25, 0.3) is 0 Å². The molecule has 332 valence electrons. The van der Waals surface area contributed by atoms with Crippen LogP contribution in [0.1, 0.15) is 126 Å². The Hall–Kier alpha value is -5.16. The maximum atomic E-state index is 14.0. The van der Waals surface area contributed by atoms with Crippen LogP contribution in [0.25, 0.3) is 11.0 Å². The first-order valence-corrected chi connectivity index (χ1v) is 21.7. The van der Waals surface area contributed by atoms with E-state index in [1.54, 1.807) is 110 Å². The second-order valence-corrected chi connectivity index (χ2v) is 21.7. The van der Waals surface area contributed by atoms with Crippen molar-refractivity contribution >= 4 is 81.2 Å². The summed E-state index contributed by atoms with van der Waals surface area (Å²) in [6, 6.07) is 2.27. The van der Waals surface area contributed by atoms with Gasteiger partial charge in [-0.25, -0.2) is 33.9 Å². The highest BCUT2D eigenvalue weighted by molar-refractivity contribution is 7.98. The molecular formula is C41H56N8O10S2. The lowest BCUT2D eigenvalue weighted by molar-refractivity contribution is 0.0407. The number of aryl methyl sites for hydroxylation is 1. The van der Waals surface area contributed by atoms with Crippen LogP contribution in [0.5, 0.6) is 0 Å². The molecule has 20 heteroatoms. The fourth-order valence-corrected chi connectivity index (χ4v) is 8.39. The molecule has 18 nitrogen and oxygen atoms in total. The molecule has 0 aromatic carbocycles. The number of rotatable bonds is 4. The number of carbonyl (C=O) groups excluding carboxylic acids is 5. The zero-order valence-electron chi connectivity index (χ0n) is 37.8. The molecule has 0 saturated carbocycles. The minimum Gasteiger partial charge on any atom is -0.443 e. The van der Waals surface area contributed by atoms with Crippen LogP contribution in [0.15, 0.2) is 5.16 Å². The van der Waals surface area contributed by atoms with Crippen molar-refractivity contribution in [3.8, 4) is 6.07 Å². The molecule has 0 N–H and O–H groups in total. The smallest absolute Gasteiger partial charge is 0.437 e. The van der Waals surface area contributed by atoms with Gasteiger partial charge in [0.15, 0.2) is 16.6 Å². The van der Waals surface area contributed by atoms with Gasteiger partial charge in [-0.3, -0.25) is 0 Å². The van der Waals surface area contributed by atoms with Gasteiger partial charge >= 0.3 is 30.5 Å². The van der Waals surface area contributed by atoms with E-state index in [2.05, 4.69) is 16.2 Å². The van der Waals surface area contributed by atoms with Gasteiger partial charge in [0.1, 0.15) is 50.3 Å². The summed E-state index contributed by atoms with van der Waals surface area (Å²) in [5.41, 5.74) is -4.88. The van der Waals surface area contributed by atoms with Crippen molar-refractivity contribution in [3.05, 3.63) is 16.0 Å². The van der Waals surface area contributed by atoms with E-state index in [1.165, 1.54) is 11.8 Å². The average molecular weight is 885 g/mol. The van der Waals surface area contributed by atoms with Crippen molar-refractivity contribution in [3.63, 3.8) is 0 Å². The van der Waals surface area contributed by atoms with Crippen molar-refractivity contribution < 1.29 is 47.7 Å². The van der Waals surface area contributed by atoms with Gasteiger partial charge in [-0.1, -0.05) is 11.8 Å². The topological polar surface area (TPSA) is 209 Å². The fourth-order valence-electron chi connectivity index (χ4n) is 6.68. The largest absolute Gasteiger partial charge is 0.443 e. The lowest BCUT2D eigenvalue weighted by atomic mass is 9.74. The number of imide groups is 2. The van der Waals surface area contributed by atoms with E-state index in [-0.39, 0.29) is 51.5 Å². The van der Waals surface area contributed by atoms with E-state index < -0.39 is 63.9 Å². The molecule has 3 aromatic heterocycles. The van der Waals surface area contributed by atoms with Crippen LogP contribution >= 0.6 is 23.1 Å². The SMILES string of the molecule is CSc1nc(N2CC3(CCc4sc(N(C(=O)OC(C)(C)C)C(=O)OC(C)(C)C)c(C#N)c43)C2)c2c(N(C(=O)OC(C)(C)C)C(=O)OC(C)(C)C)nn(C(=O)OC(C)(C)C)c2n1. The monoisotopic (exact) mass is 884 g/mol. The summed E-state index contributed by atoms with van der Waals surface area (Å²) in [6.07, 6.45) is -2.23. The first-order chi connectivity index (χ1) is 27.8.